The molecule has 1 aliphatic rings. The standard InChI is InChI=1S/C11H25N3O3S/c1-10(2)12-18(16,17)14-7-5-13(6-8-14)9-11(3,4)15/h10,12,15H,5-9H2,1-4H3. The smallest absolute Gasteiger partial charge is 0.279 e. The van der Waals surface area contributed by atoms with Crippen molar-refractivity contribution >= 4 is 10.2 Å². The SMILES string of the molecule is CC(C)NS(=O)(=O)N1CCN(CC(C)(C)O)CC1. The Labute approximate surface area is 110 Å². The van der Waals surface area contributed by atoms with Crippen molar-refractivity contribution in [2.45, 2.75) is 39.3 Å². The number of hydrogen-bond acceptors (Lipinski definition) is 4. The molecule has 1 saturated heterocycles. The third-order valence-electron chi connectivity index (χ3n) is 2.67. The molecule has 1 heterocycles. The van der Waals surface area contributed by atoms with Gasteiger partial charge in [0.15, 0.2) is 0 Å². The lowest BCUT2D eigenvalue weighted by atomic mass is 10.1. The van der Waals surface area contributed by atoms with E-state index in [0.717, 1.165) is 0 Å². The quantitative estimate of drug-likeness (QED) is 0.719. The summed E-state index contributed by atoms with van der Waals surface area (Å²) >= 11 is 0. The van der Waals surface area contributed by atoms with Crippen LogP contribution in [0.4, 0.5) is 0 Å². The molecule has 0 unspecified atom stereocenters. The Kier molecular flexibility index (Phi) is 5.13. The summed E-state index contributed by atoms with van der Waals surface area (Å²) in [5.41, 5.74) is -0.739. The molecule has 6 nitrogen and oxygen atoms in total. The minimum Gasteiger partial charge on any atom is -0.389 e. The Morgan fingerprint density at radius 3 is 2.11 bits per heavy atom. The summed E-state index contributed by atoms with van der Waals surface area (Å²) in [4.78, 5) is 2.08. The summed E-state index contributed by atoms with van der Waals surface area (Å²) in [5.74, 6) is 0. The first-order valence-electron chi connectivity index (χ1n) is 6.32. The predicted molar refractivity (Wildman–Crippen MR) is 71.5 cm³/mol. The molecule has 0 atom stereocenters. The number of nitrogens with zero attached hydrogens (tertiary/aromatic N) is 2. The van der Waals surface area contributed by atoms with Crippen LogP contribution in [0.25, 0.3) is 0 Å². The summed E-state index contributed by atoms with van der Waals surface area (Å²) in [6.07, 6.45) is 0. The van der Waals surface area contributed by atoms with E-state index in [1.807, 2.05) is 13.8 Å². The highest BCUT2D eigenvalue weighted by atomic mass is 32.2. The highest BCUT2D eigenvalue weighted by Gasteiger charge is 2.29. The van der Waals surface area contributed by atoms with Gasteiger partial charge >= 0.3 is 0 Å². The maximum atomic E-state index is 11.9. The molecule has 1 rings (SSSR count). The lowest BCUT2D eigenvalue weighted by Gasteiger charge is -2.36. The van der Waals surface area contributed by atoms with Crippen LogP contribution in [0, 0.1) is 0 Å². The van der Waals surface area contributed by atoms with Crippen LogP contribution in [0.1, 0.15) is 27.7 Å². The average Bonchev–Trinajstić information content (AvgIpc) is 2.13. The van der Waals surface area contributed by atoms with Crippen molar-refractivity contribution in [1.29, 1.82) is 0 Å². The van der Waals surface area contributed by atoms with Crippen LogP contribution in [0.5, 0.6) is 0 Å². The zero-order chi connectivity index (χ0) is 14.0. The van der Waals surface area contributed by atoms with Crippen molar-refractivity contribution in [2.75, 3.05) is 32.7 Å². The van der Waals surface area contributed by atoms with Gasteiger partial charge in [0.2, 0.25) is 0 Å². The fraction of sp³-hybridized carbons (Fsp3) is 1.00. The van der Waals surface area contributed by atoms with Crippen LogP contribution in [0.15, 0.2) is 0 Å². The Hall–Kier alpha value is -0.210. The van der Waals surface area contributed by atoms with Crippen LogP contribution >= 0.6 is 0 Å². The van der Waals surface area contributed by atoms with Crippen molar-refractivity contribution in [3.05, 3.63) is 0 Å². The average molecular weight is 279 g/mol. The first-order chi connectivity index (χ1) is 8.10. The second-order valence-electron chi connectivity index (χ2n) is 5.77. The third kappa shape index (κ3) is 5.19. The van der Waals surface area contributed by atoms with Crippen LogP contribution < -0.4 is 4.72 Å². The second-order valence-corrected chi connectivity index (χ2v) is 7.47. The Morgan fingerprint density at radius 2 is 1.72 bits per heavy atom. The van der Waals surface area contributed by atoms with Gasteiger partial charge in [-0.05, 0) is 27.7 Å². The number of aliphatic hydroxyl groups is 1. The molecular formula is C11H25N3O3S. The molecule has 0 aliphatic carbocycles. The minimum absolute atomic E-state index is 0.0931. The fourth-order valence-corrected chi connectivity index (χ4v) is 3.44. The molecule has 0 saturated carbocycles. The van der Waals surface area contributed by atoms with Gasteiger partial charge in [-0.15, -0.1) is 0 Å². The maximum absolute atomic E-state index is 11.9. The molecule has 0 aromatic carbocycles. The van der Waals surface area contributed by atoms with E-state index in [9.17, 15) is 13.5 Å². The van der Waals surface area contributed by atoms with E-state index >= 15 is 0 Å². The molecule has 0 aromatic heterocycles. The third-order valence-corrected chi connectivity index (χ3v) is 4.48. The van der Waals surface area contributed by atoms with Gasteiger partial charge in [0.1, 0.15) is 0 Å². The van der Waals surface area contributed by atoms with Crippen LogP contribution in [0.2, 0.25) is 0 Å². The number of piperazine rings is 1. The van der Waals surface area contributed by atoms with Gasteiger partial charge in [-0.1, -0.05) is 0 Å². The summed E-state index contributed by atoms with van der Waals surface area (Å²) in [6.45, 7) is 9.96. The molecule has 0 aromatic rings. The van der Waals surface area contributed by atoms with Gasteiger partial charge in [0, 0.05) is 38.8 Å². The van der Waals surface area contributed by atoms with Crippen molar-refractivity contribution in [3.63, 3.8) is 0 Å². The summed E-state index contributed by atoms with van der Waals surface area (Å²) in [7, 11) is -3.36. The van der Waals surface area contributed by atoms with Crippen molar-refractivity contribution in [2.24, 2.45) is 0 Å². The molecule has 2 N–H and O–H groups in total. The first-order valence-corrected chi connectivity index (χ1v) is 7.76. The molecule has 0 radical (unpaired) electrons. The van der Waals surface area contributed by atoms with E-state index in [1.165, 1.54) is 4.31 Å². The fourth-order valence-electron chi connectivity index (χ4n) is 2.05. The van der Waals surface area contributed by atoms with Crippen LogP contribution in [-0.2, 0) is 10.2 Å². The van der Waals surface area contributed by atoms with Crippen LogP contribution in [-0.4, -0.2) is 67.1 Å². The Morgan fingerprint density at radius 1 is 1.22 bits per heavy atom. The molecule has 0 amide bonds. The van der Waals surface area contributed by atoms with Gasteiger partial charge in [-0.25, -0.2) is 0 Å². The maximum Gasteiger partial charge on any atom is 0.279 e. The Balaban J connectivity index is 2.49. The molecule has 1 fully saturated rings. The largest absolute Gasteiger partial charge is 0.389 e. The van der Waals surface area contributed by atoms with Crippen LogP contribution in [0.3, 0.4) is 0 Å². The topological polar surface area (TPSA) is 72.9 Å². The van der Waals surface area contributed by atoms with E-state index in [4.69, 9.17) is 0 Å². The monoisotopic (exact) mass is 279 g/mol. The second kappa shape index (κ2) is 5.83. The highest BCUT2D eigenvalue weighted by molar-refractivity contribution is 7.87. The normalized spacial score (nSPS) is 20.6. The molecule has 18 heavy (non-hydrogen) atoms. The number of hydrogen-bond donors (Lipinski definition) is 2. The molecule has 7 heteroatoms. The van der Waals surface area contributed by atoms with E-state index in [2.05, 4.69) is 9.62 Å². The van der Waals surface area contributed by atoms with E-state index in [0.29, 0.717) is 32.7 Å². The van der Waals surface area contributed by atoms with Crippen molar-refractivity contribution in [3.8, 4) is 0 Å². The molecule has 108 valence electrons. The van der Waals surface area contributed by atoms with Gasteiger partial charge in [-0.3, -0.25) is 4.90 Å². The number of nitrogens with one attached hydrogen (secondary N) is 1. The minimum atomic E-state index is -3.36. The Bertz CT molecular complexity index is 354. The molecular weight excluding hydrogens is 254 g/mol. The number of β-amino-alcohol motifs (C(OH)–C–C–N with tert-alkyl or cyclic N) is 1. The summed E-state index contributed by atoms with van der Waals surface area (Å²) < 4.78 is 27.9. The first kappa shape index (κ1) is 15.8. The van der Waals surface area contributed by atoms with E-state index in [-0.39, 0.29) is 6.04 Å². The van der Waals surface area contributed by atoms with Gasteiger partial charge in [0.25, 0.3) is 10.2 Å². The lowest BCUT2D eigenvalue weighted by Crippen LogP contribution is -2.54. The zero-order valence-corrected chi connectivity index (χ0v) is 12.5. The predicted octanol–water partition coefficient (Wildman–Crippen LogP) is -0.382. The highest BCUT2D eigenvalue weighted by Crippen LogP contribution is 2.10. The lowest BCUT2D eigenvalue weighted by molar-refractivity contribution is 0.0262. The van der Waals surface area contributed by atoms with Crippen molar-refractivity contribution < 1.29 is 13.5 Å². The van der Waals surface area contributed by atoms with Crippen molar-refractivity contribution in [1.82, 2.24) is 13.9 Å². The summed E-state index contributed by atoms with van der Waals surface area (Å²) in [6, 6.07) is -0.0931. The molecule has 0 spiro atoms. The summed E-state index contributed by atoms with van der Waals surface area (Å²) in [5, 5.41) is 9.73. The van der Waals surface area contributed by atoms with E-state index in [1.54, 1.807) is 13.8 Å². The van der Waals surface area contributed by atoms with Gasteiger partial charge < -0.3 is 5.11 Å². The molecule has 0 bridgehead atoms. The zero-order valence-electron chi connectivity index (χ0n) is 11.7. The van der Waals surface area contributed by atoms with Gasteiger partial charge in [0.05, 0.1) is 5.60 Å². The van der Waals surface area contributed by atoms with Gasteiger partial charge in [-0.2, -0.15) is 17.4 Å². The molecule has 1 aliphatic heterocycles. The van der Waals surface area contributed by atoms with E-state index < -0.39 is 15.8 Å². The number of rotatable bonds is 5.